The lowest BCUT2D eigenvalue weighted by Crippen LogP contribution is -2.59. The summed E-state index contributed by atoms with van der Waals surface area (Å²) in [6, 6.07) is 0.00990. The van der Waals surface area contributed by atoms with Gasteiger partial charge in [-0.05, 0) is 69.6 Å². The highest BCUT2D eigenvalue weighted by atomic mass is 19.2. The molecule has 30 heavy (non-hydrogen) atoms. The van der Waals surface area contributed by atoms with Crippen molar-refractivity contribution in [3.8, 4) is 0 Å². The molecular formula is C23H38F3N3O. The standard InChI is InChI=1S/C23H38F3N3O/c1-4-12-5-7-17-13(19(12)23(30)28-11(2)3)6-8-18(29-17)15-10-27-22-14(15)9-16(24)20(25)21(22)26/h11-22,27,29H,4-10H2,1-3H3,(H,28,30). The van der Waals surface area contributed by atoms with Crippen molar-refractivity contribution in [2.45, 2.75) is 102 Å². The minimum Gasteiger partial charge on any atom is -0.354 e. The second-order valence-corrected chi connectivity index (χ2v) is 10.5. The Balaban J connectivity index is 1.45. The molecular weight excluding hydrogens is 391 g/mol. The van der Waals surface area contributed by atoms with Crippen molar-refractivity contribution in [2.24, 2.45) is 29.6 Å². The van der Waals surface area contributed by atoms with E-state index in [0.717, 1.165) is 32.1 Å². The molecule has 2 saturated heterocycles. The maximum absolute atomic E-state index is 14.4. The van der Waals surface area contributed by atoms with Crippen molar-refractivity contribution in [3.05, 3.63) is 0 Å². The van der Waals surface area contributed by atoms with Gasteiger partial charge in [-0.3, -0.25) is 4.79 Å². The number of piperidine rings is 1. The first-order valence-corrected chi connectivity index (χ1v) is 12.0. The molecule has 7 heteroatoms. The van der Waals surface area contributed by atoms with Crippen LogP contribution in [0, 0.1) is 29.6 Å². The van der Waals surface area contributed by atoms with E-state index in [4.69, 9.17) is 0 Å². The minimum atomic E-state index is -2.01. The Hall–Kier alpha value is -0.820. The van der Waals surface area contributed by atoms with E-state index in [0.29, 0.717) is 18.4 Å². The molecule has 4 nitrogen and oxygen atoms in total. The fourth-order valence-electron chi connectivity index (χ4n) is 7.03. The predicted molar refractivity (Wildman–Crippen MR) is 111 cm³/mol. The van der Waals surface area contributed by atoms with Gasteiger partial charge in [-0.15, -0.1) is 0 Å². The number of amides is 1. The monoisotopic (exact) mass is 429 g/mol. The van der Waals surface area contributed by atoms with Gasteiger partial charge in [-0.25, -0.2) is 13.2 Å². The molecule has 0 aromatic heterocycles. The van der Waals surface area contributed by atoms with Crippen LogP contribution in [-0.2, 0) is 4.79 Å². The number of carbonyl (C=O) groups is 1. The molecule has 11 atom stereocenters. The molecule has 2 heterocycles. The summed E-state index contributed by atoms with van der Waals surface area (Å²) in [4.78, 5) is 13.0. The summed E-state index contributed by atoms with van der Waals surface area (Å²) in [5.41, 5.74) is 0. The van der Waals surface area contributed by atoms with Gasteiger partial charge in [-0.1, -0.05) is 13.3 Å². The summed E-state index contributed by atoms with van der Waals surface area (Å²) in [5, 5.41) is 10.1. The number of hydrogen-bond donors (Lipinski definition) is 3. The zero-order valence-corrected chi connectivity index (χ0v) is 18.4. The van der Waals surface area contributed by atoms with Crippen LogP contribution < -0.4 is 16.0 Å². The van der Waals surface area contributed by atoms with E-state index >= 15 is 0 Å². The van der Waals surface area contributed by atoms with E-state index in [1.807, 2.05) is 13.8 Å². The highest BCUT2D eigenvalue weighted by Gasteiger charge is 2.54. The molecule has 0 aromatic carbocycles. The maximum Gasteiger partial charge on any atom is 0.223 e. The lowest BCUT2D eigenvalue weighted by molar-refractivity contribution is -0.132. The topological polar surface area (TPSA) is 53.2 Å². The molecule has 0 bridgehead atoms. The van der Waals surface area contributed by atoms with Crippen LogP contribution in [0.5, 0.6) is 0 Å². The molecule has 0 aromatic rings. The Morgan fingerprint density at radius 3 is 2.40 bits per heavy atom. The van der Waals surface area contributed by atoms with Crippen molar-refractivity contribution in [1.29, 1.82) is 0 Å². The molecule has 1 amide bonds. The summed E-state index contributed by atoms with van der Waals surface area (Å²) in [6.45, 7) is 6.78. The van der Waals surface area contributed by atoms with E-state index in [1.54, 1.807) is 0 Å². The van der Waals surface area contributed by atoms with Crippen LogP contribution in [0.25, 0.3) is 0 Å². The largest absolute Gasteiger partial charge is 0.354 e. The van der Waals surface area contributed by atoms with Crippen LogP contribution >= 0.6 is 0 Å². The Bertz CT molecular complexity index is 621. The Labute approximate surface area is 178 Å². The molecule has 2 saturated carbocycles. The minimum absolute atomic E-state index is 0.0338. The number of nitrogens with one attached hydrogen (secondary N) is 3. The van der Waals surface area contributed by atoms with E-state index < -0.39 is 24.6 Å². The van der Waals surface area contributed by atoms with Crippen LogP contribution in [0.2, 0.25) is 0 Å². The zero-order valence-electron chi connectivity index (χ0n) is 18.4. The van der Waals surface area contributed by atoms with Gasteiger partial charge in [0.1, 0.15) is 12.3 Å². The van der Waals surface area contributed by atoms with Gasteiger partial charge in [0.15, 0.2) is 6.17 Å². The first kappa shape index (κ1) is 22.4. The molecule has 0 spiro atoms. The van der Waals surface area contributed by atoms with Crippen LogP contribution in [0.4, 0.5) is 13.2 Å². The average Bonchev–Trinajstić information content (AvgIpc) is 3.13. The molecule has 3 N–H and O–H groups in total. The number of hydrogen-bond acceptors (Lipinski definition) is 3. The second kappa shape index (κ2) is 8.97. The molecule has 2 aliphatic heterocycles. The van der Waals surface area contributed by atoms with Gasteiger partial charge < -0.3 is 16.0 Å². The third kappa shape index (κ3) is 4.01. The van der Waals surface area contributed by atoms with Crippen molar-refractivity contribution in [3.63, 3.8) is 0 Å². The lowest BCUT2D eigenvalue weighted by Gasteiger charge is -2.49. The van der Waals surface area contributed by atoms with Gasteiger partial charge in [-0.2, -0.15) is 0 Å². The number of halogens is 3. The zero-order chi connectivity index (χ0) is 21.6. The second-order valence-electron chi connectivity index (χ2n) is 10.5. The highest BCUT2D eigenvalue weighted by molar-refractivity contribution is 5.79. The number of fused-ring (bicyclic) bond motifs is 2. The summed E-state index contributed by atoms with van der Waals surface area (Å²) in [5.74, 6) is 0.895. The van der Waals surface area contributed by atoms with E-state index in [1.165, 1.54) is 0 Å². The van der Waals surface area contributed by atoms with Crippen molar-refractivity contribution < 1.29 is 18.0 Å². The van der Waals surface area contributed by atoms with Gasteiger partial charge in [0.05, 0.1) is 0 Å². The van der Waals surface area contributed by atoms with Gasteiger partial charge in [0.25, 0.3) is 0 Å². The van der Waals surface area contributed by atoms with Crippen molar-refractivity contribution in [1.82, 2.24) is 16.0 Å². The van der Waals surface area contributed by atoms with Crippen LogP contribution in [0.1, 0.15) is 59.3 Å². The Kier molecular flexibility index (Phi) is 6.69. The quantitative estimate of drug-likeness (QED) is 0.643. The molecule has 172 valence electrons. The van der Waals surface area contributed by atoms with E-state index in [2.05, 4.69) is 22.9 Å². The lowest BCUT2D eigenvalue weighted by atomic mass is 9.63. The summed E-state index contributed by atoms with van der Waals surface area (Å²) >= 11 is 0. The van der Waals surface area contributed by atoms with E-state index in [-0.39, 0.29) is 48.2 Å². The van der Waals surface area contributed by atoms with Crippen LogP contribution in [0.3, 0.4) is 0 Å². The molecule has 4 rings (SSSR count). The molecule has 0 radical (unpaired) electrons. The first-order chi connectivity index (χ1) is 14.3. The van der Waals surface area contributed by atoms with Gasteiger partial charge in [0, 0.05) is 36.6 Å². The smallest absolute Gasteiger partial charge is 0.223 e. The van der Waals surface area contributed by atoms with Crippen LogP contribution in [-0.4, -0.2) is 55.1 Å². The predicted octanol–water partition coefficient (Wildman–Crippen LogP) is 3.31. The third-order valence-corrected chi connectivity index (χ3v) is 8.44. The van der Waals surface area contributed by atoms with Crippen molar-refractivity contribution >= 4 is 5.91 Å². The van der Waals surface area contributed by atoms with Gasteiger partial charge >= 0.3 is 0 Å². The summed E-state index contributed by atoms with van der Waals surface area (Å²) in [6.07, 6.45) is -0.404. The number of alkyl halides is 3. The SMILES string of the molecule is CCC1CCC2NC(C3CNC4C(F)C(F)C(F)CC34)CCC2C1C(=O)NC(C)C. The van der Waals surface area contributed by atoms with Crippen LogP contribution in [0.15, 0.2) is 0 Å². The number of rotatable bonds is 4. The fourth-order valence-corrected chi connectivity index (χ4v) is 7.03. The molecule has 4 aliphatic rings. The van der Waals surface area contributed by atoms with E-state index in [9.17, 15) is 18.0 Å². The highest BCUT2D eigenvalue weighted by Crippen LogP contribution is 2.46. The van der Waals surface area contributed by atoms with Crippen molar-refractivity contribution in [2.75, 3.05) is 6.54 Å². The Morgan fingerprint density at radius 1 is 1.00 bits per heavy atom. The summed E-state index contributed by atoms with van der Waals surface area (Å²) in [7, 11) is 0. The Morgan fingerprint density at radius 2 is 1.70 bits per heavy atom. The molecule has 4 fully saturated rings. The number of carbonyl (C=O) groups excluding carboxylic acids is 1. The maximum atomic E-state index is 14.4. The third-order valence-electron chi connectivity index (χ3n) is 8.44. The fraction of sp³-hybridized carbons (Fsp3) is 0.957. The summed E-state index contributed by atoms with van der Waals surface area (Å²) < 4.78 is 42.3. The molecule has 11 unspecified atom stereocenters. The normalized spacial score (nSPS) is 48.8. The first-order valence-electron chi connectivity index (χ1n) is 12.0. The molecule has 2 aliphatic carbocycles. The van der Waals surface area contributed by atoms with Gasteiger partial charge in [0.2, 0.25) is 5.91 Å². The average molecular weight is 430 g/mol.